The quantitative estimate of drug-likeness (QED) is 0.729. The van der Waals surface area contributed by atoms with E-state index in [1.165, 1.54) is 19.2 Å². The molecule has 7 nitrogen and oxygen atoms in total. The third-order valence-corrected chi connectivity index (χ3v) is 4.16. The average Bonchev–Trinajstić information content (AvgIpc) is 2.59. The lowest BCUT2D eigenvalue weighted by atomic mass is 10.3. The van der Waals surface area contributed by atoms with Crippen molar-refractivity contribution in [1.29, 1.82) is 0 Å². The summed E-state index contributed by atoms with van der Waals surface area (Å²) in [6.45, 7) is -0.424. The zero-order chi connectivity index (χ0) is 17.6. The Morgan fingerprint density at radius 1 is 1.08 bits per heavy atom. The lowest BCUT2D eigenvalue weighted by Gasteiger charge is -2.10. The fraction of sp³-hybridized carbons (Fsp3) is 0.133. The lowest BCUT2D eigenvalue weighted by Crippen LogP contribution is -2.43. The highest BCUT2D eigenvalue weighted by Gasteiger charge is 2.19. The van der Waals surface area contributed by atoms with Gasteiger partial charge in [0.15, 0.2) is 6.61 Å². The number of sulfonamides is 1. The van der Waals surface area contributed by atoms with Crippen molar-refractivity contribution in [3.63, 3.8) is 0 Å². The van der Waals surface area contributed by atoms with Gasteiger partial charge >= 0.3 is 0 Å². The Labute approximate surface area is 138 Å². The van der Waals surface area contributed by atoms with Crippen LogP contribution >= 0.6 is 0 Å². The van der Waals surface area contributed by atoms with Crippen molar-refractivity contribution in [2.45, 2.75) is 4.90 Å². The minimum Gasteiger partial charge on any atom is -0.497 e. The number of halogens is 1. The number of ether oxygens (including phenoxy) is 2. The molecule has 0 fully saturated rings. The summed E-state index contributed by atoms with van der Waals surface area (Å²) in [5.74, 6) is -0.633. The highest BCUT2D eigenvalue weighted by Crippen LogP contribution is 2.16. The summed E-state index contributed by atoms with van der Waals surface area (Å²) < 4.78 is 47.4. The van der Waals surface area contributed by atoms with Crippen LogP contribution in [0, 0.1) is 5.82 Å². The summed E-state index contributed by atoms with van der Waals surface area (Å²) in [6, 6.07) is 11.3. The molecule has 0 aliphatic rings. The Kier molecular flexibility index (Phi) is 5.72. The Hall–Kier alpha value is -2.65. The second-order valence-corrected chi connectivity index (χ2v) is 6.20. The average molecular weight is 354 g/mol. The molecule has 0 aliphatic carbocycles. The molecular weight excluding hydrogens is 339 g/mol. The number of hydrogen-bond donors (Lipinski definition) is 2. The molecule has 2 rings (SSSR count). The first-order chi connectivity index (χ1) is 11.4. The monoisotopic (exact) mass is 354 g/mol. The van der Waals surface area contributed by atoms with Gasteiger partial charge < -0.3 is 9.47 Å². The Balaban J connectivity index is 1.87. The van der Waals surface area contributed by atoms with E-state index in [0.29, 0.717) is 11.5 Å². The minimum atomic E-state index is -4.21. The van der Waals surface area contributed by atoms with E-state index in [9.17, 15) is 17.6 Å². The van der Waals surface area contributed by atoms with Crippen molar-refractivity contribution < 1.29 is 27.1 Å². The molecule has 128 valence electrons. The summed E-state index contributed by atoms with van der Waals surface area (Å²) >= 11 is 0. The lowest BCUT2D eigenvalue weighted by molar-refractivity contribution is -0.123. The molecule has 0 saturated carbocycles. The van der Waals surface area contributed by atoms with Gasteiger partial charge in [-0.05, 0) is 36.4 Å². The summed E-state index contributed by atoms with van der Waals surface area (Å²) in [5, 5.41) is 0. The fourth-order valence-corrected chi connectivity index (χ4v) is 2.64. The SMILES string of the molecule is COc1ccc(OCC(=O)NNS(=O)(=O)c2ccccc2F)cc1. The molecule has 0 saturated heterocycles. The number of benzene rings is 2. The highest BCUT2D eigenvalue weighted by molar-refractivity contribution is 7.89. The van der Waals surface area contributed by atoms with E-state index in [1.807, 2.05) is 5.43 Å². The van der Waals surface area contributed by atoms with Crippen LogP contribution in [0.25, 0.3) is 0 Å². The first-order valence-corrected chi connectivity index (χ1v) is 8.23. The minimum absolute atomic E-state index is 0.405. The largest absolute Gasteiger partial charge is 0.497 e. The molecule has 0 bridgehead atoms. The first-order valence-electron chi connectivity index (χ1n) is 6.74. The molecule has 1 amide bonds. The van der Waals surface area contributed by atoms with Crippen LogP contribution in [0.1, 0.15) is 0 Å². The molecule has 0 atom stereocenters. The van der Waals surface area contributed by atoms with Crippen molar-refractivity contribution in [1.82, 2.24) is 10.3 Å². The molecule has 0 aliphatic heterocycles. The molecule has 24 heavy (non-hydrogen) atoms. The highest BCUT2D eigenvalue weighted by atomic mass is 32.2. The molecule has 2 N–H and O–H groups in total. The summed E-state index contributed by atoms with van der Waals surface area (Å²) in [6.07, 6.45) is 0. The molecule has 2 aromatic rings. The Bertz CT molecular complexity index is 809. The van der Waals surface area contributed by atoms with E-state index in [0.717, 1.165) is 12.1 Å². The van der Waals surface area contributed by atoms with Crippen LogP contribution in [0.5, 0.6) is 11.5 Å². The van der Waals surface area contributed by atoms with Crippen LogP contribution in [0.2, 0.25) is 0 Å². The zero-order valence-electron chi connectivity index (χ0n) is 12.7. The summed E-state index contributed by atoms with van der Waals surface area (Å²) in [7, 11) is -2.69. The third-order valence-electron chi connectivity index (χ3n) is 2.88. The topological polar surface area (TPSA) is 93.7 Å². The van der Waals surface area contributed by atoms with E-state index in [1.54, 1.807) is 29.1 Å². The van der Waals surface area contributed by atoms with Gasteiger partial charge in [-0.2, -0.15) is 0 Å². The number of nitrogens with one attached hydrogen (secondary N) is 2. The molecule has 0 radical (unpaired) electrons. The number of rotatable bonds is 7. The van der Waals surface area contributed by atoms with Crippen LogP contribution in [0.15, 0.2) is 53.4 Å². The van der Waals surface area contributed by atoms with Crippen LogP contribution in [-0.2, 0) is 14.8 Å². The number of carbonyl (C=O) groups is 1. The smallest absolute Gasteiger partial charge is 0.272 e. The van der Waals surface area contributed by atoms with Gasteiger partial charge in [-0.25, -0.2) is 12.8 Å². The predicted molar refractivity (Wildman–Crippen MR) is 83.4 cm³/mol. The van der Waals surface area contributed by atoms with E-state index < -0.39 is 33.3 Å². The van der Waals surface area contributed by atoms with E-state index >= 15 is 0 Å². The maximum Gasteiger partial charge on any atom is 0.272 e. The normalized spacial score (nSPS) is 10.9. The summed E-state index contributed by atoms with van der Waals surface area (Å²) in [4.78, 5) is 12.9. The number of hydrogen-bond acceptors (Lipinski definition) is 5. The second kappa shape index (κ2) is 7.75. The van der Waals surface area contributed by atoms with E-state index in [4.69, 9.17) is 9.47 Å². The molecule has 2 aromatic carbocycles. The van der Waals surface area contributed by atoms with Gasteiger partial charge in [0.05, 0.1) is 7.11 Å². The van der Waals surface area contributed by atoms with Gasteiger partial charge in [0.2, 0.25) is 0 Å². The van der Waals surface area contributed by atoms with E-state index in [2.05, 4.69) is 0 Å². The fourth-order valence-electron chi connectivity index (χ4n) is 1.70. The summed E-state index contributed by atoms with van der Waals surface area (Å²) in [5.41, 5.74) is 1.95. The van der Waals surface area contributed by atoms with E-state index in [-0.39, 0.29) is 0 Å². The number of methoxy groups -OCH3 is 1. The Morgan fingerprint density at radius 2 is 1.71 bits per heavy atom. The molecule has 9 heteroatoms. The Morgan fingerprint density at radius 3 is 2.33 bits per heavy atom. The van der Waals surface area contributed by atoms with Crippen molar-refractivity contribution in [3.8, 4) is 11.5 Å². The molecular formula is C15H15FN2O5S. The first kappa shape index (κ1) is 17.7. The van der Waals surface area contributed by atoms with Gasteiger partial charge in [-0.3, -0.25) is 10.2 Å². The third kappa shape index (κ3) is 4.67. The number of amides is 1. The van der Waals surface area contributed by atoms with Gasteiger partial charge in [-0.15, -0.1) is 4.83 Å². The van der Waals surface area contributed by atoms with Crippen LogP contribution in [-0.4, -0.2) is 28.0 Å². The van der Waals surface area contributed by atoms with Crippen LogP contribution in [0.4, 0.5) is 4.39 Å². The molecule has 0 heterocycles. The van der Waals surface area contributed by atoms with Gasteiger partial charge in [0.1, 0.15) is 22.2 Å². The number of carbonyl (C=O) groups excluding carboxylic acids is 1. The van der Waals surface area contributed by atoms with Crippen molar-refractivity contribution in [3.05, 3.63) is 54.3 Å². The maximum atomic E-state index is 13.5. The standard InChI is InChI=1S/C15H15FN2O5S/c1-22-11-6-8-12(9-7-11)23-10-15(19)17-18-24(20,21)14-5-3-2-4-13(14)16/h2-9,18H,10H2,1H3,(H,17,19). The number of hydrazine groups is 1. The van der Waals surface area contributed by atoms with Crippen molar-refractivity contribution >= 4 is 15.9 Å². The van der Waals surface area contributed by atoms with Crippen molar-refractivity contribution in [2.75, 3.05) is 13.7 Å². The second-order valence-electron chi connectivity index (χ2n) is 4.55. The van der Waals surface area contributed by atoms with Gasteiger partial charge in [-0.1, -0.05) is 12.1 Å². The van der Waals surface area contributed by atoms with Crippen LogP contribution < -0.4 is 19.7 Å². The zero-order valence-corrected chi connectivity index (χ0v) is 13.5. The maximum absolute atomic E-state index is 13.5. The molecule has 0 spiro atoms. The predicted octanol–water partition coefficient (Wildman–Crippen LogP) is 1.22. The van der Waals surface area contributed by atoms with Gasteiger partial charge in [0, 0.05) is 0 Å². The van der Waals surface area contributed by atoms with Crippen molar-refractivity contribution in [2.24, 2.45) is 0 Å². The van der Waals surface area contributed by atoms with Crippen LogP contribution in [0.3, 0.4) is 0 Å². The molecule has 0 unspecified atom stereocenters. The van der Waals surface area contributed by atoms with Gasteiger partial charge in [0.25, 0.3) is 15.9 Å². The molecule has 0 aromatic heterocycles.